The van der Waals surface area contributed by atoms with Gasteiger partial charge < -0.3 is 28.9 Å². The Balaban J connectivity index is 1.51. The van der Waals surface area contributed by atoms with Crippen molar-refractivity contribution in [1.29, 1.82) is 0 Å². The van der Waals surface area contributed by atoms with E-state index in [-0.39, 0.29) is 18.2 Å². The fraction of sp³-hybridized carbons (Fsp3) is 0.280. The molecule has 0 amide bonds. The van der Waals surface area contributed by atoms with Gasteiger partial charge in [-0.05, 0) is 49.8 Å². The van der Waals surface area contributed by atoms with Crippen LogP contribution in [0.5, 0.6) is 5.75 Å². The molecule has 2 aromatic carbocycles. The van der Waals surface area contributed by atoms with Crippen molar-refractivity contribution in [3.63, 3.8) is 0 Å². The van der Waals surface area contributed by atoms with Crippen LogP contribution >= 0.6 is 0 Å². The van der Waals surface area contributed by atoms with E-state index >= 15 is 0 Å². The van der Waals surface area contributed by atoms with Gasteiger partial charge in [-0.15, -0.1) is 0 Å². The van der Waals surface area contributed by atoms with Crippen LogP contribution in [-0.2, 0) is 15.3 Å². The average molecular weight is 482 g/mol. The number of aromatic nitrogens is 2. The molecule has 1 N–H and O–H groups in total. The molecular weight excluding hydrogens is 458 g/mol. The third-order valence-corrected chi connectivity index (χ3v) is 5.98. The van der Waals surface area contributed by atoms with E-state index in [9.17, 15) is 13.9 Å². The van der Waals surface area contributed by atoms with Crippen LogP contribution in [0.25, 0.3) is 11.8 Å². The molecule has 8 nitrogen and oxygen atoms in total. The van der Waals surface area contributed by atoms with Crippen LogP contribution in [0.4, 0.5) is 8.78 Å². The summed E-state index contributed by atoms with van der Waals surface area (Å²) in [5.41, 5.74) is 1.02. The van der Waals surface area contributed by atoms with Crippen molar-refractivity contribution in [3.05, 3.63) is 83.1 Å². The van der Waals surface area contributed by atoms with Crippen LogP contribution in [0.2, 0.25) is 0 Å². The minimum Gasteiger partial charge on any atom is -0.495 e. The van der Waals surface area contributed by atoms with E-state index in [1.54, 1.807) is 24.4 Å². The third-order valence-electron chi connectivity index (χ3n) is 5.98. The van der Waals surface area contributed by atoms with Crippen molar-refractivity contribution >= 4 is 11.9 Å². The van der Waals surface area contributed by atoms with E-state index in [0.717, 1.165) is 35.1 Å². The number of fused-ring (bicyclic) bond motifs is 1. The second-order valence-corrected chi connectivity index (χ2v) is 8.51. The summed E-state index contributed by atoms with van der Waals surface area (Å²) in [6, 6.07) is 8.66. The van der Waals surface area contributed by atoms with Gasteiger partial charge in [0.2, 0.25) is 5.84 Å². The Kier molecular flexibility index (Phi) is 5.68. The molecular formula is C25H24F2N4O4. The molecule has 182 valence electrons. The normalized spacial score (nSPS) is 22.5. The fourth-order valence-corrected chi connectivity index (χ4v) is 4.36. The molecule has 0 radical (unpaired) electrons. The van der Waals surface area contributed by atoms with Gasteiger partial charge in [-0.2, -0.15) is 0 Å². The molecule has 0 spiro atoms. The van der Waals surface area contributed by atoms with Crippen molar-refractivity contribution in [1.82, 2.24) is 14.5 Å². The third kappa shape index (κ3) is 3.99. The molecule has 0 bridgehead atoms. The summed E-state index contributed by atoms with van der Waals surface area (Å²) < 4.78 is 41.5. The molecule has 2 atom stereocenters. The molecule has 3 aromatic rings. The number of methoxy groups -OCH3 is 1. The zero-order chi connectivity index (χ0) is 24.7. The maximum Gasteiger partial charge on any atom is 0.260 e. The lowest BCUT2D eigenvalue weighted by Crippen LogP contribution is -2.54. The molecule has 10 heteroatoms. The number of aryl methyl sites for hydroxylation is 1. The molecule has 0 unspecified atom stereocenters. The average Bonchev–Trinajstić information content (AvgIpc) is 3.42. The quantitative estimate of drug-likeness (QED) is 0.597. The number of hydrogen-bond donors (Lipinski definition) is 1. The number of nitrogens with zero attached hydrogens (tertiary/aromatic N) is 4. The van der Waals surface area contributed by atoms with E-state index in [1.807, 2.05) is 42.8 Å². The highest BCUT2D eigenvalue weighted by Crippen LogP contribution is 2.40. The number of amidine groups is 1. The Morgan fingerprint density at radius 3 is 2.66 bits per heavy atom. The Labute approximate surface area is 200 Å². The molecule has 5 rings (SSSR count). The van der Waals surface area contributed by atoms with E-state index < -0.39 is 24.0 Å². The van der Waals surface area contributed by atoms with Gasteiger partial charge in [-0.3, -0.25) is 0 Å². The van der Waals surface area contributed by atoms with E-state index in [1.165, 1.54) is 0 Å². The standard InChI is InChI=1S/C25H24F2N4O4/c1-15-11-30(14-28-15)21-5-4-17(6-22(21)33-3)7-23-24-29-35-25(13-32,31(24)12-16(2)34-23)18-8-19(26)10-20(27)9-18/h4-11,14,16,32H,12-13H2,1-3H3/t16-,25-/m1/s1. The Bertz CT molecular complexity index is 1320. The largest absolute Gasteiger partial charge is 0.495 e. The van der Waals surface area contributed by atoms with Gasteiger partial charge in [-0.25, -0.2) is 13.8 Å². The number of benzene rings is 2. The first kappa shape index (κ1) is 22.9. The summed E-state index contributed by atoms with van der Waals surface area (Å²) in [7, 11) is 1.59. The first-order valence-electron chi connectivity index (χ1n) is 11.0. The highest BCUT2D eigenvalue weighted by atomic mass is 19.1. The lowest BCUT2D eigenvalue weighted by molar-refractivity contribution is -0.146. The number of oxime groups is 1. The maximum absolute atomic E-state index is 14.0. The van der Waals surface area contributed by atoms with Gasteiger partial charge in [0, 0.05) is 17.8 Å². The summed E-state index contributed by atoms with van der Waals surface area (Å²) in [4.78, 5) is 11.6. The predicted molar refractivity (Wildman–Crippen MR) is 124 cm³/mol. The fourth-order valence-electron chi connectivity index (χ4n) is 4.36. The topological polar surface area (TPSA) is 81.3 Å². The molecule has 1 saturated heterocycles. The highest BCUT2D eigenvalue weighted by Gasteiger charge is 2.51. The Morgan fingerprint density at radius 1 is 1.23 bits per heavy atom. The number of halogens is 2. The number of imidazole rings is 1. The van der Waals surface area contributed by atoms with Crippen LogP contribution in [-0.4, -0.2) is 51.8 Å². The zero-order valence-corrected chi connectivity index (χ0v) is 19.4. The summed E-state index contributed by atoms with van der Waals surface area (Å²) >= 11 is 0. The first-order valence-corrected chi connectivity index (χ1v) is 11.0. The van der Waals surface area contributed by atoms with Crippen molar-refractivity contribution in [3.8, 4) is 11.4 Å². The lowest BCUT2D eigenvalue weighted by Gasteiger charge is -2.40. The molecule has 1 fully saturated rings. The maximum atomic E-state index is 14.0. The van der Waals surface area contributed by atoms with Crippen molar-refractivity contribution < 1.29 is 28.2 Å². The van der Waals surface area contributed by atoms with E-state index in [2.05, 4.69) is 10.1 Å². The molecule has 35 heavy (non-hydrogen) atoms. The van der Waals surface area contributed by atoms with Gasteiger partial charge in [-0.1, -0.05) is 11.2 Å². The van der Waals surface area contributed by atoms with Gasteiger partial charge in [0.1, 0.15) is 30.1 Å². The number of aliphatic hydroxyl groups is 1. The second-order valence-electron chi connectivity index (χ2n) is 8.51. The first-order chi connectivity index (χ1) is 16.8. The van der Waals surface area contributed by atoms with Crippen molar-refractivity contribution in [2.45, 2.75) is 25.7 Å². The Hall–Kier alpha value is -3.92. The number of rotatable bonds is 5. The van der Waals surface area contributed by atoms with Crippen molar-refractivity contribution in [2.24, 2.45) is 5.16 Å². The van der Waals surface area contributed by atoms with Crippen LogP contribution in [0.15, 0.2) is 59.8 Å². The van der Waals surface area contributed by atoms with Gasteiger partial charge in [0.05, 0.1) is 31.4 Å². The minimum atomic E-state index is -1.57. The summed E-state index contributed by atoms with van der Waals surface area (Å²) in [6.07, 6.45) is 5.06. The van der Waals surface area contributed by atoms with Crippen LogP contribution < -0.4 is 4.74 Å². The summed E-state index contributed by atoms with van der Waals surface area (Å²) in [5, 5.41) is 14.4. The van der Waals surface area contributed by atoms with Crippen LogP contribution in [0.1, 0.15) is 23.7 Å². The van der Waals surface area contributed by atoms with Crippen LogP contribution in [0, 0.1) is 18.6 Å². The number of ether oxygens (including phenoxy) is 2. The molecule has 0 saturated carbocycles. The summed E-state index contributed by atoms with van der Waals surface area (Å²) in [6.45, 7) is 3.47. The lowest BCUT2D eigenvalue weighted by atomic mass is 9.99. The van der Waals surface area contributed by atoms with E-state index in [4.69, 9.17) is 14.3 Å². The molecule has 1 aromatic heterocycles. The molecule has 2 aliphatic heterocycles. The van der Waals surface area contributed by atoms with Gasteiger partial charge in [0.25, 0.3) is 5.72 Å². The number of aliphatic hydroxyl groups excluding tert-OH is 1. The van der Waals surface area contributed by atoms with Gasteiger partial charge >= 0.3 is 0 Å². The molecule has 3 heterocycles. The molecule has 0 aliphatic carbocycles. The van der Waals surface area contributed by atoms with E-state index in [0.29, 0.717) is 17.3 Å². The monoisotopic (exact) mass is 482 g/mol. The van der Waals surface area contributed by atoms with Crippen molar-refractivity contribution in [2.75, 3.05) is 20.3 Å². The number of morpholine rings is 1. The summed E-state index contributed by atoms with van der Waals surface area (Å²) in [5.74, 6) is -0.217. The highest BCUT2D eigenvalue weighted by molar-refractivity contribution is 6.01. The van der Waals surface area contributed by atoms with Gasteiger partial charge in [0.15, 0.2) is 5.76 Å². The Morgan fingerprint density at radius 2 is 2.00 bits per heavy atom. The zero-order valence-electron chi connectivity index (χ0n) is 19.4. The van der Waals surface area contributed by atoms with Crippen LogP contribution in [0.3, 0.4) is 0 Å². The SMILES string of the molecule is COc1cc(C=C2O[C@H](C)CN3C2=NO[C@]3(CO)c2cc(F)cc(F)c2)ccc1-n1cnc(C)c1. The smallest absolute Gasteiger partial charge is 0.260 e. The molecule has 2 aliphatic rings. The minimum absolute atomic E-state index is 0.117. The second kappa shape index (κ2) is 8.70. The predicted octanol–water partition coefficient (Wildman–Crippen LogP) is 3.72. The number of hydrogen-bond acceptors (Lipinski definition) is 7.